The summed E-state index contributed by atoms with van der Waals surface area (Å²) >= 11 is 0. The molecule has 5 nitrogen and oxygen atoms in total. The fourth-order valence-corrected chi connectivity index (χ4v) is 2.31. The number of nitrogens with zero attached hydrogens (tertiary/aromatic N) is 1. The normalized spacial score (nSPS) is 13.4. The lowest BCUT2D eigenvalue weighted by atomic mass is 10.1. The minimum absolute atomic E-state index is 0.141. The van der Waals surface area contributed by atoms with Crippen molar-refractivity contribution in [1.82, 2.24) is 10.3 Å². The van der Waals surface area contributed by atoms with Gasteiger partial charge in [-0.25, -0.2) is 0 Å². The van der Waals surface area contributed by atoms with Gasteiger partial charge in [0.2, 0.25) is 0 Å². The lowest BCUT2D eigenvalue weighted by Crippen LogP contribution is -2.26. The molecule has 1 saturated carbocycles. The van der Waals surface area contributed by atoms with Crippen molar-refractivity contribution in [3.63, 3.8) is 0 Å². The number of pyridine rings is 1. The van der Waals surface area contributed by atoms with E-state index in [-0.39, 0.29) is 5.91 Å². The Kier molecular flexibility index (Phi) is 4.76. The predicted octanol–water partition coefficient (Wildman–Crippen LogP) is 2.64. The SMILES string of the molecule is COc1ccc(CCNC(=O)c2cc(NC3CC3)ccn2)cc1. The van der Waals surface area contributed by atoms with Crippen LogP contribution in [0.3, 0.4) is 0 Å². The van der Waals surface area contributed by atoms with Gasteiger partial charge >= 0.3 is 0 Å². The first-order chi connectivity index (χ1) is 11.2. The monoisotopic (exact) mass is 311 g/mol. The van der Waals surface area contributed by atoms with Crippen LogP contribution in [0.5, 0.6) is 5.75 Å². The summed E-state index contributed by atoms with van der Waals surface area (Å²) in [7, 11) is 1.65. The van der Waals surface area contributed by atoms with E-state index in [0.29, 0.717) is 18.3 Å². The van der Waals surface area contributed by atoms with Crippen LogP contribution in [0.2, 0.25) is 0 Å². The molecule has 120 valence electrons. The molecule has 23 heavy (non-hydrogen) atoms. The molecule has 0 unspecified atom stereocenters. The van der Waals surface area contributed by atoms with Crippen LogP contribution in [-0.2, 0) is 6.42 Å². The quantitative estimate of drug-likeness (QED) is 0.825. The van der Waals surface area contributed by atoms with Gasteiger partial charge in [0.05, 0.1) is 7.11 Å². The minimum atomic E-state index is -0.141. The van der Waals surface area contributed by atoms with Gasteiger partial charge in [-0.3, -0.25) is 9.78 Å². The highest BCUT2D eigenvalue weighted by atomic mass is 16.5. The van der Waals surface area contributed by atoms with Gasteiger partial charge in [-0.1, -0.05) is 12.1 Å². The van der Waals surface area contributed by atoms with E-state index in [2.05, 4.69) is 15.6 Å². The van der Waals surface area contributed by atoms with Crippen LogP contribution in [0.1, 0.15) is 28.9 Å². The van der Waals surface area contributed by atoms with E-state index in [0.717, 1.165) is 23.4 Å². The van der Waals surface area contributed by atoms with Crippen molar-refractivity contribution in [3.8, 4) is 5.75 Å². The maximum Gasteiger partial charge on any atom is 0.269 e. The summed E-state index contributed by atoms with van der Waals surface area (Å²) in [6.07, 6.45) is 4.84. The number of hydrogen-bond donors (Lipinski definition) is 2. The number of rotatable bonds is 7. The van der Waals surface area contributed by atoms with Crippen molar-refractivity contribution in [2.24, 2.45) is 0 Å². The number of ether oxygens (including phenoxy) is 1. The number of hydrogen-bond acceptors (Lipinski definition) is 4. The first-order valence-corrected chi connectivity index (χ1v) is 7.88. The Bertz CT molecular complexity index is 666. The van der Waals surface area contributed by atoms with Crippen LogP contribution in [-0.4, -0.2) is 30.6 Å². The van der Waals surface area contributed by atoms with Crippen LogP contribution in [0, 0.1) is 0 Å². The van der Waals surface area contributed by atoms with E-state index in [1.165, 1.54) is 12.8 Å². The summed E-state index contributed by atoms with van der Waals surface area (Å²) in [6, 6.07) is 12.1. The molecule has 0 spiro atoms. The van der Waals surface area contributed by atoms with Crippen molar-refractivity contribution in [2.75, 3.05) is 19.0 Å². The summed E-state index contributed by atoms with van der Waals surface area (Å²) in [4.78, 5) is 16.3. The van der Waals surface area contributed by atoms with Crippen LogP contribution in [0.4, 0.5) is 5.69 Å². The summed E-state index contributed by atoms with van der Waals surface area (Å²) < 4.78 is 5.13. The van der Waals surface area contributed by atoms with E-state index in [1.807, 2.05) is 30.3 Å². The van der Waals surface area contributed by atoms with Crippen molar-refractivity contribution in [3.05, 3.63) is 53.9 Å². The maximum absolute atomic E-state index is 12.2. The zero-order chi connectivity index (χ0) is 16.1. The second-order valence-electron chi connectivity index (χ2n) is 5.70. The molecule has 0 saturated heterocycles. The Morgan fingerprint density at radius 3 is 2.74 bits per heavy atom. The number of methoxy groups -OCH3 is 1. The van der Waals surface area contributed by atoms with Crippen LogP contribution in [0.25, 0.3) is 0 Å². The minimum Gasteiger partial charge on any atom is -0.497 e. The number of amides is 1. The second-order valence-corrected chi connectivity index (χ2v) is 5.70. The van der Waals surface area contributed by atoms with Crippen molar-refractivity contribution in [2.45, 2.75) is 25.3 Å². The number of aromatic nitrogens is 1. The van der Waals surface area contributed by atoms with Crippen LogP contribution < -0.4 is 15.4 Å². The molecule has 1 aliphatic rings. The molecule has 2 N–H and O–H groups in total. The van der Waals surface area contributed by atoms with Gasteiger partial charge in [0.25, 0.3) is 5.91 Å². The molecule has 1 aromatic heterocycles. The molecule has 1 heterocycles. The molecule has 3 rings (SSSR count). The van der Waals surface area contributed by atoms with Gasteiger partial charge in [-0.2, -0.15) is 0 Å². The largest absolute Gasteiger partial charge is 0.497 e. The van der Waals surface area contributed by atoms with E-state index in [9.17, 15) is 4.79 Å². The average Bonchev–Trinajstić information content (AvgIpc) is 3.39. The molecule has 0 radical (unpaired) electrons. The highest BCUT2D eigenvalue weighted by Crippen LogP contribution is 2.24. The van der Waals surface area contributed by atoms with Crippen molar-refractivity contribution < 1.29 is 9.53 Å². The zero-order valence-corrected chi connectivity index (χ0v) is 13.2. The smallest absolute Gasteiger partial charge is 0.269 e. The Morgan fingerprint density at radius 2 is 2.04 bits per heavy atom. The third-order valence-electron chi connectivity index (χ3n) is 3.80. The van der Waals surface area contributed by atoms with Gasteiger partial charge in [0.15, 0.2) is 0 Å². The number of carbonyl (C=O) groups excluding carboxylic acids is 1. The number of carbonyl (C=O) groups is 1. The average molecular weight is 311 g/mol. The van der Waals surface area contributed by atoms with Crippen LogP contribution >= 0.6 is 0 Å². The molecule has 1 fully saturated rings. The molecule has 0 bridgehead atoms. The summed E-state index contributed by atoms with van der Waals surface area (Å²) in [5, 5.41) is 6.28. The molecule has 0 atom stereocenters. The lowest BCUT2D eigenvalue weighted by Gasteiger charge is -2.08. The zero-order valence-electron chi connectivity index (χ0n) is 13.2. The summed E-state index contributed by atoms with van der Waals surface area (Å²) in [5.41, 5.74) is 2.57. The Morgan fingerprint density at radius 1 is 1.26 bits per heavy atom. The molecule has 5 heteroatoms. The fourth-order valence-electron chi connectivity index (χ4n) is 2.31. The Labute approximate surface area is 136 Å². The maximum atomic E-state index is 12.2. The molecule has 0 aliphatic heterocycles. The number of anilines is 1. The number of nitrogens with one attached hydrogen (secondary N) is 2. The first-order valence-electron chi connectivity index (χ1n) is 7.88. The first kappa shape index (κ1) is 15.3. The molecule has 1 amide bonds. The predicted molar refractivity (Wildman–Crippen MR) is 89.9 cm³/mol. The van der Waals surface area contributed by atoms with E-state index >= 15 is 0 Å². The van der Waals surface area contributed by atoms with Crippen LogP contribution in [0.15, 0.2) is 42.6 Å². The Balaban J connectivity index is 1.50. The van der Waals surface area contributed by atoms with E-state index in [4.69, 9.17) is 4.74 Å². The molecule has 2 aromatic rings. The highest BCUT2D eigenvalue weighted by molar-refractivity contribution is 5.93. The van der Waals surface area contributed by atoms with Crippen molar-refractivity contribution >= 4 is 11.6 Å². The summed E-state index contributed by atoms with van der Waals surface area (Å²) in [6.45, 7) is 0.577. The Hall–Kier alpha value is -2.56. The summed E-state index contributed by atoms with van der Waals surface area (Å²) in [5.74, 6) is 0.694. The highest BCUT2D eigenvalue weighted by Gasteiger charge is 2.21. The topological polar surface area (TPSA) is 63.2 Å². The van der Waals surface area contributed by atoms with E-state index in [1.54, 1.807) is 19.4 Å². The van der Waals surface area contributed by atoms with Gasteiger partial charge in [0, 0.05) is 24.5 Å². The number of benzene rings is 1. The standard InChI is InChI=1S/C18H21N3O2/c1-23-16-6-2-13(3-7-16)8-10-20-18(22)17-12-15(9-11-19-17)21-14-4-5-14/h2-3,6-7,9,11-12,14H,4-5,8,10H2,1H3,(H,19,21)(H,20,22). The lowest BCUT2D eigenvalue weighted by molar-refractivity contribution is 0.0949. The molecule has 1 aliphatic carbocycles. The van der Waals surface area contributed by atoms with Gasteiger partial charge in [0.1, 0.15) is 11.4 Å². The second kappa shape index (κ2) is 7.13. The molecular weight excluding hydrogens is 290 g/mol. The van der Waals surface area contributed by atoms with Crippen molar-refractivity contribution in [1.29, 1.82) is 0 Å². The van der Waals surface area contributed by atoms with Gasteiger partial charge in [-0.15, -0.1) is 0 Å². The van der Waals surface area contributed by atoms with Gasteiger partial charge in [-0.05, 0) is 49.1 Å². The fraction of sp³-hybridized carbons (Fsp3) is 0.333. The molecular formula is C18H21N3O2. The van der Waals surface area contributed by atoms with E-state index < -0.39 is 0 Å². The van der Waals surface area contributed by atoms with Gasteiger partial charge < -0.3 is 15.4 Å². The third kappa shape index (κ3) is 4.45. The third-order valence-corrected chi connectivity index (χ3v) is 3.80. The molecule has 1 aromatic carbocycles.